The van der Waals surface area contributed by atoms with E-state index in [1.807, 2.05) is 23.1 Å². The molecular weight excluding hydrogens is 391 g/mol. The summed E-state index contributed by atoms with van der Waals surface area (Å²) in [6.07, 6.45) is 3.72. The summed E-state index contributed by atoms with van der Waals surface area (Å²) < 4.78 is 13.7. The van der Waals surface area contributed by atoms with Crippen molar-refractivity contribution in [3.8, 4) is 0 Å². The Kier molecular flexibility index (Phi) is 5.62. The van der Waals surface area contributed by atoms with Crippen molar-refractivity contribution in [3.05, 3.63) is 76.8 Å². The van der Waals surface area contributed by atoms with E-state index in [0.717, 1.165) is 18.5 Å². The average Bonchev–Trinajstić information content (AvgIpc) is 3.38. The fourth-order valence-corrected chi connectivity index (χ4v) is 4.16. The lowest BCUT2D eigenvalue weighted by molar-refractivity contribution is -0.131. The highest BCUT2D eigenvalue weighted by Gasteiger charge is 2.31. The van der Waals surface area contributed by atoms with E-state index in [1.54, 1.807) is 17.6 Å². The molecule has 3 aromatic rings. The van der Waals surface area contributed by atoms with Gasteiger partial charge in [-0.25, -0.2) is 9.37 Å². The number of thiazole rings is 1. The molecule has 29 heavy (non-hydrogen) atoms. The van der Waals surface area contributed by atoms with Crippen LogP contribution in [0.25, 0.3) is 0 Å². The molecule has 0 bridgehead atoms. The summed E-state index contributed by atoms with van der Waals surface area (Å²) in [5.74, 6) is -1.17. The summed E-state index contributed by atoms with van der Waals surface area (Å²) in [6, 6.07) is 11.5. The van der Waals surface area contributed by atoms with Crippen LogP contribution in [0.4, 0.5) is 9.52 Å². The number of carbonyl (C=O) groups is 2. The molecule has 148 valence electrons. The molecule has 2 aromatic heterocycles. The summed E-state index contributed by atoms with van der Waals surface area (Å²) in [5, 5.41) is 4.66. The van der Waals surface area contributed by atoms with Gasteiger partial charge in [-0.3, -0.25) is 19.9 Å². The van der Waals surface area contributed by atoms with Crippen molar-refractivity contribution in [2.45, 2.75) is 25.3 Å². The van der Waals surface area contributed by atoms with Gasteiger partial charge in [-0.2, -0.15) is 0 Å². The molecule has 0 radical (unpaired) electrons. The lowest BCUT2D eigenvalue weighted by Crippen LogP contribution is -2.32. The lowest BCUT2D eigenvalue weighted by atomic mass is 10.1. The molecule has 1 aliphatic rings. The number of nitrogens with one attached hydrogen (secondary N) is 1. The Morgan fingerprint density at radius 1 is 1.21 bits per heavy atom. The molecule has 3 heterocycles. The Balaban J connectivity index is 1.40. The number of amides is 2. The van der Waals surface area contributed by atoms with E-state index >= 15 is 0 Å². The number of hydrogen-bond acceptors (Lipinski definition) is 5. The summed E-state index contributed by atoms with van der Waals surface area (Å²) in [6.45, 7) is 0.696. The third-order valence-electron chi connectivity index (χ3n) is 4.83. The van der Waals surface area contributed by atoms with Crippen molar-refractivity contribution in [1.29, 1.82) is 0 Å². The van der Waals surface area contributed by atoms with Crippen LogP contribution in [0.15, 0.2) is 54.0 Å². The van der Waals surface area contributed by atoms with E-state index in [9.17, 15) is 14.0 Å². The van der Waals surface area contributed by atoms with E-state index in [1.165, 1.54) is 29.5 Å². The minimum atomic E-state index is -0.591. The van der Waals surface area contributed by atoms with Crippen LogP contribution in [0.5, 0.6) is 0 Å². The van der Waals surface area contributed by atoms with Gasteiger partial charge in [0.1, 0.15) is 5.82 Å². The maximum absolute atomic E-state index is 13.7. The molecule has 6 nitrogen and oxygen atoms in total. The molecule has 1 saturated heterocycles. The third kappa shape index (κ3) is 4.32. The zero-order chi connectivity index (χ0) is 20.2. The van der Waals surface area contributed by atoms with Crippen molar-refractivity contribution in [2.75, 3.05) is 11.9 Å². The van der Waals surface area contributed by atoms with Crippen LogP contribution in [0.2, 0.25) is 0 Å². The topological polar surface area (TPSA) is 75.2 Å². The number of nitrogens with zero attached hydrogens (tertiary/aromatic N) is 3. The summed E-state index contributed by atoms with van der Waals surface area (Å²) >= 11 is 1.21. The second-order valence-electron chi connectivity index (χ2n) is 6.75. The lowest BCUT2D eigenvalue weighted by Gasteiger charge is -2.24. The minimum absolute atomic E-state index is 0.0115. The standard InChI is InChI=1S/C21H19FN4O2S/c22-16-7-2-1-6-15(16)20(28)25-21-24-14(13-29-21)12-19(27)26-11-5-9-18(26)17-8-3-4-10-23-17/h1-4,6-8,10,13,18H,5,9,11-12H2,(H,24,25,28)/t18-/m0/s1. The number of likely N-dealkylation sites (tertiary alicyclic amines) is 1. The number of anilines is 1. The largest absolute Gasteiger partial charge is 0.334 e. The van der Waals surface area contributed by atoms with Gasteiger partial charge in [0.25, 0.3) is 5.91 Å². The molecule has 1 atom stereocenters. The fraction of sp³-hybridized carbons (Fsp3) is 0.238. The minimum Gasteiger partial charge on any atom is -0.334 e. The van der Waals surface area contributed by atoms with Crippen LogP contribution in [-0.4, -0.2) is 33.2 Å². The van der Waals surface area contributed by atoms with Crippen LogP contribution in [0, 0.1) is 5.82 Å². The van der Waals surface area contributed by atoms with Gasteiger partial charge in [-0.1, -0.05) is 18.2 Å². The number of hydrogen-bond donors (Lipinski definition) is 1. The SMILES string of the molecule is O=C(Nc1nc(CC(=O)N2CCC[C@H]2c2ccccn2)cs1)c1ccccc1F. The Bertz CT molecular complexity index is 1020. The molecule has 1 fully saturated rings. The van der Waals surface area contributed by atoms with Crippen LogP contribution >= 0.6 is 11.3 Å². The molecule has 1 aliphatic heterocycles. The Hall–Kier alpha value is -3.13. The average molecular weight is 410 g/mol. The van der Waals surface area contributed by atoms with Gasteiger partial charge >= 0.3 is 0 Å². The van der Waals surface area contributed by atoms with Gasteiger partial charge in [-0.15, -0.1) is 11.3 Å². The summed E-state index contributed by atoms with van der Waals surface area (Å²) in [7, 11) is 0. The normalized spacial score (nSPS) is 16.0. The number of carbonyl (C=O) groups excluding carboxylic acids is 2. The number of aromatic nitrogens is 2. The van der Waals surface area contributed by atoms with Crippen LogP contribution in [-0.2, 0) is 11.2 Å². The smallest absolute Gasteiger partial charge is 0.260 e. The van der Waals surface area contributed by atoms with Gasteiger partial charge in [-0.05, 0) is 37.1 Å². The van der Waals surface area contributed by atoms with Gasteiger partial charge in [0.15, 0.2) is 5.13 Å². The highest BCUT2D eigenvalue weighted by atomic mass is 32.1. The van der Waals surface area contributed by atoms with Crippen molar-refractivity contribution in [2.24, 2.45) is 0 Å². The quantitative estimate of drug-likeness (QED) is 0.694. The van der Waals surface area contributed by atoms with E-state index in [4.69, 9.17) is 0 Å². The van der Waals surface area contributed by atoms with Crippen LogP contribution in [0.3, 0.4) is 0 Å². The van der Waals surface area contributed by atoms with Crippen molar-refractivity contribution in [1.82, 2.24) is 14.9 Å². The zero-order valence-electron chi connectivity index (χ0n) is 15.5. The number of benzene rings is 1. The maximum atomic E-state index is 13.7. The highest BCUT2D eigenvalue weighted by molar-refractivity contribution is 7.14. The van der Waals surface area contributed by atoms with Gasteiger partial charge < -0.3 is 4.90 Å². The molecule has 0 saturated carbocycles. The van der Waals surface area contributed by atoms with Gasteiger partial charge in [0, 0.05) is 18.1 Å². The molecule has 0 aliphatic carbocycles. The first kappa shape index (κ1) is 19.2. The Labute approximate surface area is 171 Å². The Morgan fingerprint density at radius 2 is 2.03 bits per heavy atom. The second-order valence-corrected chi connectivity index (χ2v) is 7.61. The van der Waals surface area contributed by atoms with Crippen molar-refractivity contribution >= 4 is 28.3 Å². The number of pyridine rings is 1. The highest BCUT2D eigenvalue weighted by Crippen LogP contribution is 2.31. The first-order valence-corrected chi connectivity index (χ1v) is 10.2. The summed E-state index contributed by atoms with van der Waals surface area (Å²) in [4.78, 5) is 35.6. The first-order valence-electron chi connectivity index (χ1n) is 9.32. The number of rotatable bonds is 5. The zero-order valence-corrected chi connectivity index (χ0v) is 16.4. The molecule has 8 heteroatoms. The molecule has 1 N–H and O–H groups in total. The van der Waals surface area contributed by atoms with Crippen LogP contribution < -0.4 is 5.32 Å². The predicted octanol–water partition coefficient (Wildman–Crippen LogP) is 3.84. The molecule has 4 rings (SSSR count). The Morgan fingerprint density at radius 3 is 2.83 bits per heavy atom. The summed E-state index contributed by atoms with van der Waals surface area (Å²) in [5.41, 5.74) is 1.43. The molecule has 1 aromatic carbocycles. The molecule has 0 unspecified atom stereocenters. The van der Waals surface area contributed by atoms with E-state index in [0.29, 0.717) is 17.4 Å². The van der Waals surface area contributed by atoms with Crippen molar-refractivity contribution in [3.63, 3.8) is 0 Å². The van der Waals surface area contributed by atoms with E-state index < -0.39 is 11.7 Å². The van der Waals surface area contributed by atoms with Crippen LogP contribution in [0.1, 0.15) is 40.6 Å². The number of halogens is 1. The van der Waals surface area contributed by atoms with Gasteiger partial charge in [0.05, 0.1) is 29.4 Å². The third-order valence-corrected chi connectivity index (χ3v) is 5.63. The second kappa shape index (κ2) is 8.48. The van der Waals surface area contributed by atoms with E-state index in [2.05, 4.69) is 15.3 Å². The fourth-order valence-electron chi connectivity index (χ4n) is 3.46. The predicted molar refractivity (Wildman–Crippen MR) is 108 cm³/mol. The monoisotopic (exact) mass is 410 g/mol. The molecule has 2 amide bonds. The first-order chi connectivity index (χ1) is 14.1. The molecule has 0 spiro atoms. The van der Waals surface area contributed by atoms with Gasteiger partial charge in [0.2, 0.25) is 5.91 Å². The van der Waals surface area contributed by atoms with E-state index in [-0.39, 0.29) is 23.9 Å². The molecular formula is C21H19FN4O2S. The van der Waals surface area contributed by atoms with Crippen molar-refractivity contribution < 1.29 is 14.0 Å². The maximum Gasteiger partial charge on any atom is 0.260 e.